The Kier molecular flexibility index (Phi) is 9.96. The number of aliphatic imine (C=N–C) groups is 1. The van der Waals surface area contributed by atoms with Crippen molar-refractivity contribution in [1.82, 2.24) is 30.0 Å². The highest BCUT2D eigenvalue weighted by molar-refractivity contribution is 7.15. The van der Waals surface area contributed by atoms with E-state index in [1.807, 2.05) is 60.9 Å². The van der Waals surface area contributed by atoms with Gasteiger partial charge in [-0.3, -0.25) is 29.3 Å². The van der Waals surface area contributed by atoms with Gasteiger partial charge in [0, 0.05) is 47.4 Å². The molecule has 5 N–H and O–H groups in total. The van der Waals surface area contributed by atoms with Gasteiger partial charge in [-0.1, -0.05) is 42.3 Å². The molecular weight excluding hydrogens is 698 g/mol. The van der Waals surface area contributed by atoms with Crippen LogP contribution in [0.1, 0.15) is 86.8 Å². The van der Waals surface area contributed by atoms with Crippen LogP contribution in [-0.4, -0.2) is 60.7 Å². The van der Waals surface area contributed by atoms with Crippen LogP contribution in [0.25, 0.3) is 5.00 Å². The van der Waals surface area contributed by atoms with Crippen molar-refractivity contribution in [2.75, 3.05) is 6.54 Å². The molecule has 7 rings (SSSR count). The van der Waals surface area contributed by atoms with Crippen LogP contribution in [0.3, 0.4) is 0 Å². The molecule has 1 unspecified atom stereocenters. The third kappa shape index (κ3) is 6.97. The van der Waals surface area contributed by atoms with Crippen LogP contribution in [0.5, 0.6) is 0 Å². The number of benzene rings is 2. The second kappa shape index (κ2) is 14.7. The molecule has 52 heavy (non-hydrogen) atoms. The van der Waals surface area contributed by atoms with Crippen molar-refractivity contribution in [1.29, 1.82) is 0 Å². The number of aryl methyl sites for hydroxylation is 2. The number of hydrogen-bond donors (Lipinski definition) is 3. The quantitative estimate of drug-likeness (QED) is 0.0746. The number of amides is 3. The average molecular weight is 736 g/mol. The predicted molar refractivity (Wildman–Crippen MR) is 200 cm³/mol. The zero-order valence-electron chi connectivity index (χ0n) is 28.9. The van der Waals surface area contributed by atoms with Gasteiger partial charge in [-0.2, -0.15) is 0 Å². The summed E-state index contributed by atoms with van der Waals surface area (Å²) in [5.41, 5.74) is 13.2. The second-order valence-corrected chi connectivity index (χ2v) is 14.6. The molecule has 0 aliphatic carbocycles. The first kappa shape index (κ1) is 35.1. The fourth-order valence-electron chi connectivity index (χ4n) is 6.97. The molecule has 5 heterocycles. The van der Waals surface area contributed by atoms with E-state index in [4.69, 9.17) is 28.2 Å². The Morgan fingerprint density at radius 1 is 1.12 bits per heavy atom. The lowest BCUT2D eigenvalue weighted by Crippen LogP contribution is -2.52. The number of nitrogens with two attached hydrogens (primary N) is 2. The van der Waals surface area contributed by atoms with Gasteiger partial charge in [-0.25, -0.2) is 5.84 Å². The standard InChI is InChI=1S/C38H38ClN9O3S/c1-22-31(52-38-34(22)35(25-10-12-26(39)13-11-25)42-19-32-45-44-23(2)48(32)38)16-14-27(40)20-46(41)18-5-3-4-7-24-8-6-9-28-29(24)21-47(37(28)51)30-15-17-33(49)43-36(30)50/h6,8-13,20,30H,3-5,7,15,17-19,21,40-41H2,1-2H3,(H,43,49,50)/b27-20-. The Hall–Kier alpha value is -5.29. The van der Waals surface area contributed by atoms with Gasteiger partial charge >= 0.3 is 0 Å². The Morgan fingerprint density at radius 3 is 2.71 bits per heavy atom. The van der Waals surface area contributed by atoms with E-state index >= 15 is 0 Å². The van der Waals surface area contributed by atoms with E-state index < -0.39 is 11.9 Å². The first-order valence-corrected chi connectivity index (χ1v) is 18.4. The van der Waals surface area contributed by atoms with Crippen LogP contribution < -0.4 is 16.9 Å². The Bertz CT molecular complexity index is 2210. The third-order valence-corrected chi connectivity index (χ3v) is 11.1. The molecule has 3 aliphatic heterocycles. The fourth-order valence-corrected chi connectivity index (χ4v) is 8.33. The number of aromatic nitrogens is 3. The molecule has 266 valence electrons. The van der Waals surface area contributed by atoms with Crippen molar-refractivity contribution < 1.29 is 14.4 Å². The summed E-state index contributed by atoms with van der Waals surface area (Å²) in [6.45, 7) is 5.35. The number of imide groups is 1. The van der Waals surface area contributed by atoms with E-state index in [2.05, 4.69) is 27.4 Å². The van der Waals surface area contributed by atoms with Crippen LogP contribution in [0.15, 0.2) is 59.4 Å². The summed E-state index contributed by atoms with van der Waals surface area (Å²) < 4.78 is 2.05. The van der Waals surface area contributed by atoms with Gasteiger partial charge in [0.15, 0.2) is 5.82 Å². The van der Waals surface area contributed by atoms with Crippen molar-refractivity contribution in [2.45, 2.75) is 71.5 Å². The number of piperidine rings is 1. The number of allylic oxidation sites excluding steroid dienone is 1. The summed E-state index contributed by atoms with van der Waals surface area (Å²) in [5.74, 6) is 13.3. The number of hydrogen-bond acceptors (Lipinski definition) is 10. The molecule has 3 aliphatic rings. The van der Waals surface area contributed by atoms with E-state index in [1.165, 1.54) is 0 Å². The molecule has 2 aromatic heterocycles. The van der Waals surface area contributed by atoms with Crippen molar-refractivity contribution in [3.63, 3.8) is 0 Å². The minimum atomic E-state index is -0.620. The van der Waals surface area contributed by atoms with Gasteiger partial charge < -0.3 is 15.6 Å². The minimum Gasteiger partial charge on any atom is -0.391 e. The van der Waals surface area contributed by atoms with Crippen molar-refractivity contribution in [3.05, 3.63) is 109 Å². The highest BCUT2D eigenvalue weighted by atomic mass is 35.5. The summed E-state index contributed by atoms with van der Waals surface area (Å²) in [5, 5.41) is 14.2. The summed E-state index contributed by atoms with van der Waals surface area (Å²) in [7, 11) is 0. The molecule has 14 heteroatoms. The van der Waals surface area contributed by atoms with Crippen LogP contribution in [-0.2, 0) is 29.1 Å². The lowest BCUT2D eigenvalue weighted by atomic mass is 9.98. The number of nitrogens with zero attached hydrogens (tertiary/aromatic N) is 6. The van der Waals surface area contributed by atoms with Gasteiger partial charge in [0.2, 0.25) is 11.8 Å². The molecule has 1 fully saturated rings. The first-order chi connectivity index (χ1) is 25.1. The number of fused-ring (bicyclic) bond motifs is 4. The smallest absolute Gasteiger partial charge is 0.255 e. The maximum Gasteiger partial charge on any atom is 0.255 e. The Morgan fingerprint density at radius 2 is 1.92 bits per heavy atom. The van der Waals surface area contributed by atoms with Crippen LogP contribution >= 0.6 is 22.9 Å². The van der Waals surface area contributed by atoms with E-state index in [-0.39, 0.29) is 18.2 Å². The molecule has 2 aromatic carbocycles. The van der Waals surface area contributed by atoms with Crippen molar-refractivity contribution in [3.8, 4) is 16.8 Å². The molecule has 4 aromatic rings. The molecule has 3 amide bonds. The summed E-state index contributed by atoms with van der Waals surface area (Å²) in [6, 6.07) is 12.8. The predicted octanol–water partition coefficient (Wildman–Crippen LogP) is 4.45. The molecule has 1 atom stereocenters. The molecule has 0 radical (unpaired) electrons. The van der Waals surface area contributed by atoms with E-state index in [0.29, 0.717) is 42.3 Å². The summed E-state index contributed by atoms with van der Waals surface area (Å²) in [4.78, 5) is 44.6. The SMILES string of the molecule is Cc1c(C#C/C(N)=C/N(N)CCCCCc2cccc3c2CN(C2CCC(=O)NC2=O)C3=O)sc2c1C(c1ccc(Cl)cc1)=NCc1nnc(C)n1-2. The number of rotatable bonds is 9. The Balaban J connectivity index is 0.967. The summed E-state index contributed by atoms with van der Waals surface area (Å²) >= 11 is 7.74. The first-order valence-electron chi connectivity index (χ1n) is 17.2. The molecule has 0 saturated carbocycles. The Labute approximate surface area is 310 Å². The fraction of sp³-hybridized carbons (Fsp3) is 0.316. The average Bonchev–Trinajstić information content (AvgIpc) is 3.72. The van der Waals surface area contributed by atoms with E-state index in [1.54, 1.807) is 27.4 Å². The van der Waals surface area contributed by atoms with Crippen molar-refractivity contribution in [2.24, 2.45) is 16.6 Å². The minimum absolute atomic E-state index is 0.154. The molecule has 0 bridgehead atoms. The second-order valence-electron chi connectivity index (χ2n) is 13.1. The zero-order chi connectivity index (χ0) is 36.5. The lowest BCUT2D eigenvalue weighted by Gasteiger charge is -2.29. The van der Waals surface area contributed by atoms with Crippen LogP contribution in [0, 0.1) is 25.7 Å². The monoisotopic (exact) mass is 735 g/mol. The number of hydrazine groups is 1. The van der Waals surface area contributed by atoms with Gasteiger partial charge in [0.1, 0.15) is 29.1 Å². The van der Waals surface area contributed by atoms with Gasteiger partial charge in [-0.05, 0) is 86.3 Å². The molecule has 12 nitrogen and oxygen atoms in total. The molecular formula is C38H38ClN9O3S. The van der Waals surface area contributed by atoms with Crippen molar-refractivity contribution >= 4 is 46.4 Å². The van der Waals surface area contributed by atoms with Crippen LogP contribution in [0.2, 0.25) is 5.02 Å². The number of thiophene rings is 1. The topological polar surface area (TPSA) is 165 Å². The highest BCUT2D eigenvalue weighted by Gasteiger charge is 2.39. The van der Waals surface area contributed by atoms with Gasteiger partial charge in [-0.15, -0.1) is 21.5 Å². The maximum atomic E-state index is 13.1. The van der Waals surface area contributed by atoms with Crippen LogP contribution in [0.4, 0.5) is 0 Å². The zero-order valence-corrected chi connectivity index (χ0v) is 30.5. The number of carbonyl (C=O) groups excluding carboxylic acids is 3. The lowest BCUT2D eigenvalue weighted by molar-refractivity contribution is -0.136. The third-order valence-electron chi connectivity index (χ3n) is 9.62. The molecule has 0 spiro atoms. The normalized spacial score (nSPS) is 16.7. The van der Waals surface area contributed by atoms with E-state index in [9.17, 15) is 14.4 Å². The van der Waals surface area contributed by atoms with Gasteiger partial charge in [0.05, 0.1) is 10.6 Å². The maximum absolute atomic E-state index is 13.1. The highest BCUT2D eigenvalue weighted by Crippen LogP contribution is 2.37. The summed E-state index contributed by atoms with van der Waals surface area (Å²) in [6.07, 6.45) is 5.71. The number of carbonyl (C=O) groups is 3. The van der Waals surface area contributed by atoms with E-state index in [0.717, 1.165) is 80.7 Å². The number of unbranched alkanes of at least 4 members (excludes halogenated alkanes) is 2. The molecule has 1 saturated heterocycles. The largest absolute Gasteiger partial charge is 0.391 e. The number of halogens is 1. The number of nitrogens with one attached hydrogen (secondary N) is 1. The van der Waals surface area contributed by atoms with Gasteiger partial charge in [0.25, 0.3) is 5.91 Å².